The lowest BCUT2D eigenvalue weighted by Crippen LogP contribution is -2.14. The van der Waals surface area contributed by atoms with Crippen molar-refractivity contribution in [3.63, 3.8) is 0 Å². The molecule has 0 fully saturated rings. The van der Waals surface area contributed by atoms with Crippen LogP contribution in [0.5, 0.6) is 0 Å². The number of hydrogen-bond acceptors (Lipinski definition) is 6. The van der Waals surface area contributed by atoms with E-state index in [0.29, 0.717) is 16.2 Å². The molecule has 0 aliphatic heterocycles. The Hall–Kier alpha value is -2.93. The van der Waals surface area contributed by atoms with Crippen molar-refractivity contribution in [2.24, 2.45) is 0 Å². The number of benzene rings is 1. The number of aromatic nitrogens is 2. The summed E-state index contributed by atoms with van der Waals surface area (Å²) in [6.45, 7) is 1.73. The zero-order chi connectivity index (χ0) is 16.7. The van der Waals surface area contributed by atoms with Crippen LogP contribution < -0.4 is 5.56 Å². The highest BCUT2D eigenvalue weighted by atomic mass is 32.1. The highest BCUT2D eigenvalue weighted by Crippen LogP contribution is 2.25. The zero-order valence-corrected chi connectivity index (χ0v) is 13.5. The summed E-state index contributed by atoms with van der Waals surface area (Å²) in [6.07, 6.45) is 1.66. The van der Waals surface area contributed by atoms with Gasteiger partial charge in [-0.05, 0) is 13.0 Å². The summed E-state index contributed by atoms with van der Waals surface area (Å²) in [5.74, 6) is -0.401. The molecular weight excluding hydrogens is 328 g/mol. The van der Waals surface area contributed by atoms with E-state index in [1.54, 1.807) is 17.6 Å². The van der Waals surface area contributed by atoms with Gasteiger partial charge >= 0.3 is 5.97 Å². The first-order valence-electron chi connectivity index (χ1n) is 7.24. The normalized spacial score (nSPS) is 11.2. The van der Waals surface area contributed by atoms with Crippen LogP contribution in [0.4, 0.5) is 0 Å². The minimum Gasteiger partial charge on any atom is -0.453 e. The second-order valence-electron chi connectivity index (χ2n) is 5.27. The molecule has 0 aliphatic rings. The number of para-hydroxylation sites is 1. The number of furan rings is 1. The molecule has 0 saturated heterocycles. The number of fused-ring (bicyclic) bond motifs is 2. The summed E-state index contributed by atoms with van der Waals surface area (Å²) in [5, 5.41) is 2.65. The van der Waals surface area contributed by atoms with Crippen LogP contribution in [-0.4, -0.2) is 15.4 Å². The Bertz CT molecular complexity index is 1120. The van der Waals surface area contributed by atoms with Crippen molar-refractivity contribution in [3.05, 3.63) is 69.3 Å². The van der Waals surface area contributed by atoms with E-state index in [2.05, 4.69) is 4.98 Å². The first kappa shape index (κ1) is 14.6. The quantitative estimate of drug-likeness (QED) is 0.536. The predicted molar refractivity (Wildman–Crippen MR) is 89.4 cm³/mol. The molecule has 24 heavy (non-hydrogen) atoms. The number of ether oxygens (including phenoxy) is 1. The average molecular weight is 340 g/mol. The molecule has 0 spiro atoms. The highest BCUT2D eigenvalue weighted by molar-refractivity contribution is 7.15. The second kappa shape index (κ2) is 5.61. The van der Waals surface area contributed by atoms with Gasteiger partial charge in [0.1, 0.15) is 12.2 Å². The Morgan fingerprint density at radius 3 is 3.04 bits per heavy atom. The molecular formula is C17H12N2O4S. The Labute approximate surface area is 139 Å². The Morgan fingerprint density at radius 1 is 1.38 bits per heavy atom. The number of esters is 1. The maximum Gasteiger partial charge on any atom is 0.374 e. The van der Waals surface area contributed by atoms with Crippen LogP contribution in [0.15, 0.2) is 51.1 Å². The fraction of sp³-hybridized carbons (Fsp3) is 0.118. The molecule has 0 atom stereocenters. The van der Waals surface area contributed by atoms with Crippen molar-refractivity contribution in [2.45, 2.75) is 13.5 Å². The number of thiazole rings is 1. The summed E-state index contributed by atoms with van der Waals surface area (Å²) in [5.41, 5.74) is 1.58. The van der Waals surface area contributed by atoms with Crippen molar-refractivity contribution in [1.82, 2.24) is 9.38 Å². The van der Waals surface area contributed by atoms with Crippen LogP contribution in [-0.2, 0) is 11.3 Å². The van der Waals surface area contributed by atoms with Gasteiger partial charge in [-0.15, -0.1) is 11.3 Å². The molecule has 4 aromatic rings. The summed E-state index contributed by atoms with van der Waals surface area (Å²) < 4.78 is 12.3. The molecule has 0 saturated carbocycles. The third-order valence-electron chi connectivity index (χ3n) is 3.74. The molecule has 120 valence electrons. The largest absolute Gasteiger partial charge is 0.453 e. The van der Waals surface area contributed by atoms with E-state index in [4.69, 9.17) is 9.15 Å². The van der Waals surface area contributed by atoms with E-state index in [-0.39, 0.29) is 17.9 Å². The van der Waals surface area contributed by atoms with Crippen LogP contribution >= 0.6 is 11.3 Å². The molecule has 7 heteroatoms. The van der Waals surface area contributed by atoms with Gasteiger partial charge in [-0.2, -0.15) is 0 Å². The van der Waals surface area contributed by atoms with Crippen LogP contribution in [0.2, 0.25) is 0 Å². The van der Waals surface area contributed by atoms with Crippen LogP contribution in [0.1, 0.15) is 21.8 Å². The number of rotatable bonds is 3. The van der Waals surface area contributed by atoms with E-state index in [0.717, 1.165) is 10.9 Å². The molecule has 0 aliphatic carbocycles. The van der Waals surface area contributed by atoms with Gasteiger partial charge < -0.3 is 9.15 Å². The molecule has 0 N–H and O–H groups in total. The van der Waals surface area contributed by atoms with Crippen LogP contribution in [0.25, 0.3) is 15.9 Å². The first-order chi connectivity index (χ1) is 11.6. The maximum absolute atomic E-state index is 12.3. The van der Waals surface area contributed by atoms with Crippen LogP contribution in [0, 0.1) is 6.92 Å². The van der Waals surface area contributed by atoms with Gasteiger partial charge in [0, 0.05) is 28.6 Å². The second-order valence-corrected chi connectivity index (χ2v) is 6.14. The van der Waals surface area contributed by atoms with E-state index in [1.807, 2.05) is 25.1 Å². The number of aryl methyl sites for hydroxylation is 1. The van der Waals surface area contributed by atoms with Gasteiger partial charge in [0.15, 0.2) is 4.96 Å². The summed E-state index contributed by atoms with van der Waals surface area (Å²) in [4.78, 5) is 29.1. The third-order valence-corrected chi connectivity index (χ3v) is 4.49. The summed E-state index contributed by atoms with van der Waals surface area (Å²) in [6, 6.07) is 8.77. The highest BCUT2D eigenvalue weighted by Gasteiger charge is 2.19. The lowest BCUT2D eigenvalue weighted by molar-refractivity contribution is 0.0432. The van der Waals surface area contributed by atoms with Gasteiger partial charge in [-0.3, -0.25) is 9.20 Å². The first-order valence-corrected chi connectivity index (χ1v) is 8.12. The zero-order valence-electron chi connectivity index (χ0n) is 12.7. The number of carbonyl (C=O) groups excluding carboxylic acids is 1. The van der Waals surface area contributed by atoms with Gasteiger partial charge in [0.2, 0.25) is 5.76 Å². The van der Waals surface area contributed by atoms with E-state index in [1.165, 1.54) is 21.8 Å². The predicted octanol–water partition coefficient (Wildman–Crippen LogP) is 3.17. The van der Waals surface area contributed by atoms with Crippen molar-refractivity contribution in [2.75, 3.05) is 0 Å². The van der Waals surface area contributed by atoms with Gasteiger partial charge in [-0.1, -0.05) is 18.2 Å². The molecule has 0 unspecified atom stereocenters. The van der Waals surface area contributed by atoms with Crippen LogP contribution in [0.3, 0.4) is 0 Å². The Balaban J connectivity index is 1.59. The van der Waals surface area contributed by atoms with E-state index in [9.17, 15) is 9.59 Å². The summed E-state index contributed by atoms with van der Waals surface area (Å²) in [7, 11) is 0. The molecule has 6 nitrogen and oxygen atoms in total. The number of hydrogen-bond donors (Lipinski definition) is 0. The average Bonchev–Trinajstić information content (AvgIpc) is 3.18. The fourth-order valence-electron chi connectivity index (χ4n) is 2.54. The number of carbonyl (C=O) groups is 1. The molecule has 0 amide bonds. The monoisotopic (exact) mass is 340 g/mol. The minimum atomic E-state index is -0.572. The minimum absolute atomic E-state index is 0.0844. The molecule has 3 aromatic heterocycles. The Kier molecular flexibility index (Phi) is 3.42. The van der Waals surface area contributed by atoms with Gasteiger partial charge in [0.05, 0.1) is 5.69 Å². The molecule has 3 heterocycles. The lowest BCUT2D eigenvalue weighted by atomic mass is 10.1. The van der Waals surface area contributed by atoms with Gasteiger partial charge in [-0.25, -0.2) is 9.78 Å². The lowest BCUT2D eigenvalue weighted by Gasteiger charge is -2.03. The van der Waals surface area contributed by atoms with E-state index >= 15 is 0 Å². The summed E-state index contributed by atoms with van der Waals surface area (Å²) >= 11 is 1.34. The van der Waals surface area contributed by atoms with Crippen molar-refractivity contribution in [1.29, 1.82) is 0 Å². The fourth-order valence-corrected chi connectivity index (χ4v) is 3.27. The molecule has 0 radical (unpaired) electrons. The molecule has 0 bridgehead atoms. The standard InChI is InChI=1S/C17H12N2O4S/c1-10-12-4-2-3-5-13(12)23-15(10)16(21)22-9-11-8-14(20)19-6-7-24-17(19)18-11/h2-8H,9H2,1H3. The number of nitrogens with zero attached hydrogens (tertiary/aromatic N) is 2. The SMILES string of the molecule is Cc1c(C(=O)OCc2cc(=O)n3ccsc3n2)oc2ccccc12. The molecule has 1 aromatic carbocycles. The topological polar surface area (TPSA) is 73.8 Å². The van der Waals surface area contributed by atoms with Crippen molar-refractivity contribution < 1.29 is 13.9 Å². The van der Waals surface area contributed by atoms with E-state index < -0.39 is 5.97 Å². The Morgan fingerprint density at radius 2 is 2.21 bits per heavy atom. The molecule has 4 rings (SSSR count). The van der Waals surface area contributed by atoms with Crippen molar-refractivity contribution >= 4 is 33.2 Å². The van der Waals surface area contributed by atoms with Crippen molar-refractivity contribution in [3.8, 4) is 0 Å². The third kappa shape index (κ3) is 2.39. The van der Waals surface area contributed by atoms with Gasteiger partial charge in [0.25, 0.3) is 5.56 Å². The maximum atomic E-state index is 12.3. The smallest absolute Gasteiger partial charge is 0.374 e.